The molecule has 0 amide bonds. The van der Waals surface area contributed by atoms with Crippen molar-refractivity contribution in [1.29, 1.82) is 0 Å². The number of aryl methyl sites for hydroxylation is 1. The number of ether oxygens (including phenoxy) is 2. The lowest BCUT2D eigenvalue weighted by molar-refractivity contribution is -0.234. The highest BCUT2D eigenvalue weighted by atomic mass is 32.1. The number of thiazole rings is 1. The summed E-state index contributed by atoms with van der Waals surface area (Å²) in [5, 5.41) is 51.6. The highest BCUT2D eigenvalue weighted by Gasteiger charge is 2.43. The summed E-state index contributed by atoms with van der Waals surface area (Å²) < 4.78 is 10.8. The summed E-state index contributed by atoms with van der Waals surface area (Å²) in [5.41, 5.74) is 0.774. The van der Waals surface area contributed by atoms with E-state index in [1.165, 1.54) is 29.5 Å². The van der Waals surface area contributed by atoms with Gasteiger partial charge in [0.1, 0.15) is 48.6 Å². The number of phenols is 1. The van der Waals surface area contributed by atoms with E-state index in [4.69, 9.17) is 9.47 Å². The van der Waals surface area contributed by atoms with Crippen molar-refractivity contribution >= 4 is 17.1 Å². The van der Waals surface area contributed by atoms with Crippen LogP contribution in [0, 0.1) is 6.92 Å². The molecule has 9 nitrogen and oxygen atoms in total. The van der Waals surface area contributed by atoms with Gasteiger partial charge in [0.2, 0.25) is 0 Å². The quantitative estimate of drug-likeness (QED) is 0.380. The third kappa shape index (κ3) is 4.92. The Morgan fingerprint density at radius 1 is 1.21 bits per heavy atom. The number of rotatable bonds is 7. The second-order valence-electron chi connectivity index (χ2n) is 6.82. The maximum Gasteiger partial charge on any atom is 0.172 e. The Morgan fingerprint density at radius 3 is 2.55 bits per heavy atom. The number of aromatic hydroxyl groups is 1. The van der Waals surface area contributed by atoms with Crippen LogP contribution < -0.4 is 4.74 Å². The highest BCUT2D eigenvalue weighted by molar-refractivity contribution is 7.09. The minimum Gasteiger partial charge on any atom is -0.507 e. The largest absolute Gasteiger partial charge is 0.507 e. The number of aliphatic hydroxyl groups is 4. The van der Waals surface area contributed by atoms with Crippen LogP contribution in [0.4, 0.5) is 0 Å². The van der Waals surface area contributed by atoms with Crippen LogP contribution in [0.3, 0.4) is 0 Å². The average molecular weight is 425 g/mol. The van der Waals surface area contributed by atoms with Gasteiger partial charge in [-0.2, -0.15) is 0 Å². The summed E-state index contributed by atoms with van der Waals surface area (Å²) >= 11 is 1.44. The fourth-order valence-corrected chi connectivity index (χ4v) is 3.69. The van der Waals surface area contributed by atoms with Crippen molar-refractivity contribution in [3.63, 3.8) is 0 Å². The first-order chi connectivity index (χ1) is 13.8. The number of benzene rings is 1. The Kier molecular flexibility index (Phi) is 6.83. The molecule has 158 valence electrons. The number of nitrogens with zero attached hydrogens (tertiary/aromatic N) is 1. The summed E-state index contributed by atoms with van der Waals surface area (Å²) in [6.45, 7) is 1.11. The molecule has 5 unspecified atom stereocenters. The first-order valence-electron chi connectivity index (χ1n) is 9.00. The van der Waals surface area contributed by atoms with Crippen LogP contribution in [0.5, 0.6) is 11.5 Å². The molecular formula is C19H23NO8S. The third-order valence-corrected chi connectivity index (χ3v) is 5.51. The van der Waals surface area contributed by atoms with Gasteiger partial charge in [-0.25, -0.2) is 4.98 Å². The second kappa shape index (κ2) is 9.16. The van der Waals surface area contributed by atoms with Crippen molar-refractivity contribution < 1.29 is 39.8 Å². The average Bonchev–Trinajstić information content (AvgIpc) is 3.10. The molecule has 5 N–H and O–H groups in total. The van der Waals surface area contributed by atoms with Crippen molar-refractivity contribution in [2.24, 2.45) is 0 Å². The molecule has 29 heavy (non-hydrogen) atoms. The zero-order valence-electron chi connectivity index (χ0n) is 15.6. The molecule has 1 saturated heterocycles. The Balaban J connectivity index is 1.62. The maximum absolute atomic E-state index is 12.4. The number of Topliss-reactive ketones (excluding diaryl/α,β-unsaturated/α-hetero) is 1. The first kappa shape index (κ1) is 21.6. The molecule has 1 aliphatic heterocycles. The van der Waals surface area contributed by atoms with Gasteiger partial charge < -0.3 is 35.0 Å². The first-order valence-corrected chi connectivity index (χ1v) is 9.88. The standard InChI is InChI=1S/C19H23NO8S/c1-9-20-10(8-29-9)4-13(22)12-3-2-11(5-14(12)23)27-7-16-18(25)19(26)17(24)15(6-21)28-16/h2-3,5,8,15-19,21,23-26H,4,6-7H2,1H3. The predicted octanol–water partition coefficient (Wildman–Crippen LogP) is -0.196. The molecule has 10 heteroatoms. The number of hydrogen-bond acceptors (Lipinski definition) is 10. The lowest BCUT2D eigenvalue weighted by Gasteiger charge is -2.39. The molecule has 0 bridgehead atoms. The second-order valence-corrected chi connectivity index (χ2v) is 7.88. The normalized spacial score (nSPS) is 27.0. The summed E-state index contributed by atoms with van der Waals surface area (Å²) in [6, 6.07) is 4.19. The van der Waals surface area contributed by atoms with Crippen molar-refractivity contribution in [3.8, 4) is 11.5 Å². The SMILES string of the molecule is Cc1nc(CC(=O)c2ccc(OCC3OC(CO)C(O)C(O)C3O)cc2O)cs1. The summed E-state index contributed by atoms with van der Waals surface area (Å²) in [7, 11) is 0. The third-order valence-electron chi connectivity index (χ3n) is 4.68. The Labute approximate surface area is 170 Å². The van der Waals surface area contributed by atoms with Crippen molar-refractivity contribution in [2.75, 3.05) is 13.2 Å². The fourth-order valence-electron chi connectivity index (χ4n) is 3.08. The lowest BCUT2D eigenvalue weighted by Crippen LogP contribution is -2.59. The topological polar surface area (TPSA) is 150 Å². The number of phenolic OH excluding ortho intramolecular Hbond substituents is 1. The van der Waals surface area contributed by atoms with Gasteiger partial charge in [0.15, 0.2) is 5.78 Å². The van der Waals surface area contributed by atoms with Crippen LogP contribution in [0.2, 0.25) is 0 Å². The fraction of sp³-hybridized carbons (Fsp3) is 0.474. The number of aliphatic hydroxyl groups excluding tert-OH is 4. The van der Waals surface area contributed by atoms with Crippen LogP contribution >= 0.6 is 11.3 Å². The van der Waals surface area contributed by atoms with Crippen LogP contribution in [0.1, 0.15) is 21.1 Å². The molecule has 2 aromatic rings. The van der Waals surface area contributed by atoms with Crippen LogP contribution in [-0.2, 0) is 11.2 Å². The van der Waals surface area contributed by atoms with Gasteiger partial charge in [-0.1, -0.05) is 0 Å². The minimum absolute atomic E-state index is 0.0724. The van der Waals surface area contributed by atoms with Gasteiger partial charge in [-0.15, -0.1) is 11.3 Å². The molecule has 3 rings (SSSR count). The van der Waals surface area contributed by atoms with Crippen molar-refractivity contribution in [3.05, 3.63) is 39.8 Å². The number of aromatic nitrogens is 1. The zero-order valence-corrected chi connectivity index (χ0v) is 16.5. The van der Waals surface area contributed by atoms with Crippen LogP contribution in [0.15, 0.2) is 23.6 Å². The van der Waals surface area contributed by atoms with E-state index in [-0.39, 0.29) is 35.9 Å². The van der Waals surface area contributed by atoms with E-state index in [9.17, 15) is 30.3 Å². The number of ketones is 1. The molecule has 1 aliphatic rings. The molecule has 1 aromatic heterocycles. The molecule has 0 spiro atoms. The van der Waals surface area contributed by atoms with E-state index in [0.717, 1.165) is 5.01 Å². The predicted molar refractivity (Wildman–Crippen MR) is 102 cm³/mol. The van der Waals surface area contributed by atoms with E-state index < -0.39 is 37.1 Å². The number of hydrogen-bond donors (Lipinski definition) is 5. The van der Waals surface area contributed by atoms with Gasteiger partial charge in [0, 0.05) is 11.4 Å². The van der Waals surface area contributed by atoms with E-state index >= 15 is 0 Å². The van der Waals surface area contributed by atoms with Crippen molar-refractivity contribution in [1.82, 2.24) is 4.98 Å². The van der Waals surface area contributed by atoms with E-state index in [1.54, 1.807) is 5.38 Å². The molecule has 1 fully saturated rings. The molecule has 0 radical (unpaired) electrons. The smallest absolute Gasteiger partial charge is 0.172 e. The summed E-state index contributed by atoms with van der Waals surface area (Å²) in [4.78, 5) is 16.6. The lowest BCUT2D eigenvalue weighted by atomic mass is 9.95. The summed E-state index contributed by atoms with van der Waals surface area (Å²) in [6.07, 6.45) is -6.29. The van der Waals surface area contributed by atoms with Gasteiger partial charge in [0.25, 0.3) is 0 Å². The van der Waals surface area contributed by atoms with Gasteiger partial charge in [0.05, 0.1) is 29.3 Å². The molecule has 1 aromatic carbocycles. The Morgan fingerprint density at radius 2 is 1.93 bits per heavy atom. The van der Waals surface area contributed by atoms with Gasteiger partial charge in [-0.3, -0.25) is 4.79 Å². The van der Waals surface area contributed by atoms with Gasteiger partial charge >= 0.3 is 0 Å². The molecule has 2 heterocycles. The number of carbonyl (C=O) groups is 1. The van der Waals surface area contributed by atoms with Gasteiger partial charge in [-0.05, 0) is 19.1 Å². The number of carbonyl (C=O) groups excluding carboxylic acids is 1. The van der Waals surface area contributed by atoms with Crippen LogP contribution in [0.25, 0.3) is 0 Å². The monoisotopic (exact) mass is 425 g/mol. The van der Waals surface area contributed by atoms with E-state index in [2.05, 4.69) is 4.98 Å². The summed E-state index contributed by atoms with van der Waals surface area (Å²) in [5.74, 6) is -0.318. The minimum atomic E-state index is -1.49. The Bertz CT molecular complexity index is 854. The molecule has 0 saturated carbocycles. The van der Waals surface area contributed by atoms with E-state index in [0.29, 0.717) is 5.69 Å². The maximum atomic E-state index is 12.4. The van der Waals surface area contributed by atoms with Crippen molar-refractivity contribution in [2.45, 2.75) is 43.9 Å². The highest BCUT2D eigenvalue weighted by Crippen LogP contribution is 2.27. The van der Waals surface area contributed by atoms with Crippen LogP contribution in [-0.4, -0.2) is 80.0 Å². The molecular weight excluding hydrogens is 402 g/mol. The Hall–Kier alpha value is -2.08. The molecule has 5 atom stereocenters. The molecule has 0 aliphatic carbocycles. The van der Waals surface area contributed by atoms with E-state index in [1.807, 2.05) is 6.92 Å². The zero-order chi connectivity index (χ0) is 21.1.